The molecule has 40 heavy (non-hydrogen) atoms. The number of hydrogen-bond donors (Lipinski definition) is 2. The fourth-order valence-corrected chi connectivity index (χ4v) is 6.67. The highest BCUT2D eigenvalue weighted by Crippen LogP contribution is 2.50. The van der Waals surface area contributed by atoms with Crippen molar-refractivity contribution in [1.29, 1.82) is 0 Å². The van der Waals surface area contributed by atoms with Gasteiger partial charge < -0.3 is 14.9 Å². The number of aliphatic carboxylic acids is 1. The zero-order valence-electron chi connectivity index (χ0n) is 22.9. The summed E-state index contributed by atoms with van der Waals surface area (Å²) in [5.41, 5.74) is 5.29. The molecule has 2 aromatic carbocycles. The number of carboxylic acid groups (broad SMARTS) is 1. The van der Waals surface area contributed by atoms with E-state index in [4.69, 9.17) is 9.84 Å². The van der Waals surface area contributed by atoms with Gasteiger partial charge in [-0.2, -0.15) is 0 Å². The van der Waals surface area contributed by atoms with Crippen molar-refractivity contribution in [2.24, 2.45) is 17.8 Å². The van der Waals surface area contributed by atoms with Crippen molar-refractivity contribution in [3.63, 3.8) is 0 Å². The third-order valence-electron chi connectivity index (χ3n) is 8.60. The number of aromatic hydroxyl groups is 1. The average molecular weight is 544 g/mol. The number of unbranched alkanes of at least 4 members (excludes halogenated alkanes) is 2. The fraction of sp³-hybridized carbons (Fsp3) is 0.424. The fourth-order valence-electron chi connectivity index (χ4n) is 6.67. The van der Waals surface area contributed by atoms with Crippen LogP contribution in [0.1, 0.15) is 63.0 Å². The number of phenolic OH excluding ortho intramolecular Hbond substituents is 1. The molecule has 0 bridgehead atoms. The number of allylic oxidation sites excluding steroid dienone is 2. The Morgan fingerprint density at radius 1 is 0.975 bits per heavy atom. The molecule has 7 heteroatoms. The average Bonchev–Trinajstić information content (AvgIpc) is 3.47. The van der Waals surface area contributed by atoms with Crippen molar-refractivity contribution < 1.29 is 29.3 Å². The van der Waals surface area contributed by atoms with Crippen molar-refractivity contribution in [2.45, 2.75) is 58.0 Å². The Morgan fingerprint density at radius 2 is 1.73 bits per heavy atom. The topological polar surface area (TPSA) is 104 Å². The Bertz CT molecular complexity index is 1330. The van der Waals surface area contributed by atoms with Gasteiger partial charge in [0.2, 0.25) is 11.8 Å². The maximum Gasteiger partial charge on any atom is 0.303 e. The first-order chi connectivity index (χ1) is 19.3. The summed E-state index contributed by atoms with van der Waals surface area (Å²) in [5.74, 6) is -1.57. The molecule has 2 saturated heterocycles. The second-order valence-electron chi connectivity index (χ2n) is 11.2. The number of likely N-dealkylation sites (tertiary alicyclic amines) is 1. The minimum Gasteiger partial charge on any atom is -0.507 e. The number of hydrogen-bond acceptors (Lipinski definition) is 5. The van der Waals surface area contributed by atoms with Gasteiger partial charge in [0, 0.05) is 24.4 Å². The van der Waals surface area contributed by atoms with E-state index >= 15 is 0 Å². The first-order valence-corrected chi connectivity index (χ1v) is 14.3. The summed E-state index contributed by atoms with van der Waals surface area (Å²) < 4.78 is 6.32. The minimum absolute atomic E-state index is 0.0838. The molecule has 0 aromatic heterocycles. The number of carboxylic acids is 1. The lowest BCUT2D eigenvalue weighted by Gasteiger charge is -2.30. The number of carbonyl (C=O) groups excluding carboxylic acids is 2. The predicted octanol–water partition coefficient (Wildman–Crippen LogP) is 5.69. The maximum atomic E-state index is 13.5. The third-order valence-corrected chi connectivity index (χ3v) is 8.60. The molecule has 2 aromatic rings. The van der Waals surface area contributed by atoms with Gasteiger partial charge in [-0.3, -0.25) is 19.3 Å². The maximum absolute atomic E-state index is 13.5. The highest BCUT2D eigenvalue weighted by molar-refractivity contribution is 6.06. The summed E-state index contributed by atoms with van der Waals surface area (Å²) >= 11 is 0. The van der Waals surface area contributed by atoms with Gasteiger partial charge in [0.25, 0.3) is 0 Å². The van der Waals surface area contributed by atoms with Crippen LogP contribution < -0.4 is 0 Å². The van der Waals surface area contributed by atoms with Crippen molar-refractivity contribution in [2.75, 3.05) is 13.2 Å². The van der Waals surface area contributed by atoms with Gasteiger partial charge in [0.1, 0.15) is 5.75 Å². The molecule has 3 aliphatic rings. The number of amides is 2. The molecule has 0 saturated carbocycles. The molecular weight excluding hydrogens is 506 g/mol. The highest BCUT2D eigenvalue weighted by Gasteiger charge is 2.56. The molecule has 0 radical (unpaired) electrons. The van der Waals surface area contributed by atoms with Crippen LogP contribution in [0.25, 0.3) is 11.6 Å². The number of phenols is 1. The zero-order chi connectivity index (χ0) is 28.2. The second-order valence-corrected chi connectivity index (χ2v) is 11.2. The summed E-state index contributed by atoms with van der Waals surface area (Å²) in [5, 5.41) is 19.2. The number of imide groups is 1. The lowest BCUT2D eigenvalue weighted by Crippen LogP contribution is -2.34. The number of rotatable bonds is 11. The highest BCUT2D eigenvalue weighted by atomic mass is 16.5. The van der Waals surface area contributed by atoms with E-state index in [2.05, 4.69) is 19.1 Å². The molecule has 2 amide bonds. The third kappa shape index (κ3) is 5.75. The number of nitrogens with zero attached hydrogens (tertiary/aromatic N) is 1. The zero-order valence-corrected chi connectivity index (χ0v) is 22.9. The van der Waals surface area contributed by atoms with Gasteiger partial charge in [-0.25, -0.2) is 0 Å². The van der Waals surface area contributed by atoms with Gasteiger partial charge in [0.05, 0.1) is 24.5 Å². The van der Waals surface area contributed by atoms with Crippen LogP contribution >= 0.6 is 0 Å². The van der Waals surface area contributed by atoms with E-state index in [0.717, 1.165) is 35.1 Å². The molecule has 2 heterocycles. The molecule has 2 fully saturated rings. The van der Waals surface area contributed by atoms with Crippen LogP contribution in [0, 0.1) is 17.8 Å². The monoisotopic (exact) mass is 543 g/mol. The molecule has 2 aliphatic heterocycles. The minimum atomic E-state index is -0.825. The normalized spacial score (nSPS) is 24.4. The molecule has 0 spiro atoms. The molecule has 4 atom stereocenters. The van der Waals surface area contributed by atoms with Gasteiger partial charge in [-0.05, 0) is 67.9 Å². The number of ether oxygens (including phenoxy) is 1. The summed E-state index contributed by atoms with van der Waals surface area (Å²) in [4.78, 5) is 38.9. The Balaban J connectivity index is 1.29. The van der Waals surface area contributed by atoms with E-state index in [0.29, 0.717) is 38.8 Å². The second kappa shape index (κ2) is 12.2. The predicted molar refractivity (Wildman–Crippen MR) is 152 cm³/mol. The Morgan fingerprint density at radius 3 is 2.48 bits per heavy atom. The van der Waals surface area contributed by atoms with Crippen molar-refractivity contribution in [1.82, 2.24) is 4.90 Å². The van der Waals surface area contributed by atoms with Crippen LogP contribution in [0.5, 0.6) is 5.75 Å². The molecule has 210 valence electrons. The van der Waals surface area contributed by atoms with E-state index < -0.39 is 5.97 Å². The first kappa shape index (κ1) is 27.8. The largest absolute Gasteiger partial charge is 0.507 e. The molecule has 7 nitrogen and oxygen atoms in total. The number of benzene rings is 2. The Hall–Kier alpha value is -3.71. The van der Waals surface area contributed by atoms with E-state index in [-0.39, 0.29) is 47.8 Å². The van der Waals surface area contributed by atoms with E-state index in [1.165, 1.54) is 10.5 Å². The van der Waals surface area contributed by atoms with Gasteiger partial charge in [0.15, 0.2) is 0 Å². The smallest absolute Gasteiger partial charge is 0.303 e. The molecule has 0 unspecified atom stereocenters. The van der Waals surface area contributed by atoms with E-state index in [1.807, 2.05) is 42.5 Å². The number of para-hydroxylation sites is 1. The quantitative estimate of drug-likeness (QED) is 0.163. The van der Waals surface area contributed by atoms with Crippen LogP contribution in [-0.4, -0.2) is 52.2 Å². The van der Waals surface area contributed by atoms with Gasteiger partial charge in [-0.15, -0.1) is 0 Å². The molecular formula is C33H37NO6. The molecule has 2 N–H and O–H groups in total. The van der Waals surface area contributed by atoms with Crippen LogP contribution in [0.2, 0.25) is 0 Å². The number of carbonyl (C=O) groups is 3. The molecule has 5 rings (SSSR count). The van der Waals surface area contributed by atoms with Crippen LogP contribution in [0.4, 0.5) is 0 Å². The number of fused-ring (bicyclic) bond motifs is 3. The van der Waals surface area contributed by atoms with Crippen LogP contribution in [0.3, 0.4) is 0 Å². The van der Waals surface area contributed by atoms with Gasteiger partial charge >= 0.3 is 5.97 Å². The summed E-state index contributed by atoms with van der Waals surface area (Å²) in [6.45, 7) is 2.86. The Kier molecular flexibility index (Phi) is 8.50. The van der Waals surface area contributed by atoms with Gasteiger partial charge in [-0.1, -0.05) is 60.5 Å². The standard InChI is InChI=1S/C33H37NO6/c1-21-18-25-31(33(39)34(32(25)38)17-9-3-6-14-29(36)37)26-20-40-28(30(21)26)16-15-23(22-10-4-2-5-11-22)19-24-12-7-8-13-27(24)35/h2,4-5,7-8,10-13,19,25-26,28,31,35H,3,6,9,14-18,20H2,1H3,(H,36,37)/b23-19-/t25-,26+,28-,31-/m1/s1. The van der Waals surface area contributed by atoms with E-state index in [9.17, 15) is 19.5 Å². The first-order valence-electron chi connectivity index (χ1n) is 14.3. The van der Waals surface area contributed by atoms with E-state index in [1.54, 1.807) is 6.07 Å². The summed E-state index contributed by atoms with van der Waals surface area (Å²) in [6.07, 6.45) is 5.92. The summed E-state index contributed by atoms with van der Waals surface area (Å²) in [6, 6.07) is 17.4. The van der Waals surface area contributed by atoms with Crippen molar-refractivity contribution >= 4 is 29.4 Å². The van der Waals surface area contributed by atoms with Crippen LogP contribution in [-0.2, 0) is 19.1 Å². The van der Waals surface area contributed by atoms with Crippen molar-refractivity contribution in [3.8, 4) is 5.75 Å². The lowest BCUT2D eigenvalue weighted by molar-refractivity contribution is -0.141. The SMILES string of the molecule is CC1=C2[C@@H](CC/C(=C/c3ccccc3O)c3ccccc3)OC[C@@H]2[C@@H]2C(=O)N(CCCCCC(=O)O)C(=O)[C@@H]2C1. The summed E-state index contributed by atoms with van der Waals surface area (Å²) in [7, 11) is 0. The lowest BCUT2D eigenvalue weighted by atomic mass is 9.70. The molecule has 1 aliphatic carbocycles. The Labute approximate surface area is 235 Å². The van der Waals surface area contributed by atoms with Crippen LogP contribution in [0.15, 0.2) is 65.7 Å². The van der Waals surface area contributed by atoms with Crippen molar-refractivity contribution in [3.05, 3.63) is 76.9 Å².